The maximum absolute atomic E-state index is 11.5. The van der Waals surface area contributed by atoms with Crippen LogP contribution in [0.5, 0.6) is 0 Å². The zero-order chi connectivity index (χ0) is 11.4. The fraction of sp³-hybridized carbons (Fsp3) is 0.417. The van der Waals surface area contributed by atoms with E-state index >= 15 is 0 Å². The lowest BCUT2D eigenvalue weighted by molar-refractivity contribution is -0.116. The number of halogens is 1. The summed E-state index contributed by atoms with van der Waals surface area (Å²) in [6.45, 7) is 6.07. The zero-order valence-corrected chi connectivity index (χ0v) is 10.9. The molecule has 0 aliphatic carbocycles. The van der Waals surface area contributed by atoms with Gasteiger partial charge in [0.15, 0.2) is 0 Å². The summed E-state index contributed by atoms with van der Waals surface area (Å²) in [7, 11) is 0. The second-order valence-electron chi connectivity index (χ2n) is 4.16. The van der Waals surface area contributed by atoms with Crippen LogP contribution in [0.2, 0.25) is 0 Å². The third-order valence-corrected chi connectivity index (χ3v) is 2.38. The molecule has 0 aliphatic rings. The van der Waals surface area contributed by atoms with Crippen LogP contribution in [-0.4, -0.2) is 5.91 Å². The first kappa shape index (κ1) is 12.2. The van der Waals surface area contributed by atoms with Crippen LogP contribution in [-0.2, 0) is 4.79 Å². The Hall–Kier alpha value is -0.830. The number of carbonyl (C=O) groups excluding carboxylic acids is 1. The van der Waals surface area contributed by atoms with Crippen molar-refractivity contribution in [1.82, 2.24) is 0 Å². The number of aryl methyl sites for hydroxylation is 1. The third kappa shape index (κ3) is 4.47. The Morgan fingerprint density at radius 1 is 1.40 bits per heavy atom. The molecular weight excluding hydrogens is 254 g/mol. The van der Waals surface area contributed by atoms with Crippen molar-refractivity contribution < 1.29 is 4.79 Å². The highest BCUT2D eigenvalue weighted by Crippen LogP contribution is 2.19. The van der Waals surface area contributed by atoms with Crippen LogP contribution in [0.25, 0.3) is 0 Å². The van der Waals surface area contributed by atoms with E-state index in [4.69, 9.17) is 0 Å². The van der Waals surface area contributed by atoms with Gasteiger partial charge in [-0.1, -0.05) is 29.8 Å². The molecule has 0 atom stereocenters. The van der Waals surface area contributed by atoms with Gasteiger partial charge in [-0.2, -0.15) is 0 Å². The van der Waals surface area contributed by atoms with Crippen molar-refractivity contribution in [2.75, 3.05) is 5.32 Å². The minimum atomic E-state index is 0.0718. The lowest BCUT2D eigenvalue weighted by atomic mass is 10.1. The summed E-state index contributed by atoms with van der Waals surface area (Å²) in [5.41, 5.74) is 1.98. The summed E-state index contributed by atoms with van der Waals surface area (Å²) in [5.74, 6) is 0.459. The molecule has 3 heteroatoms. The van der Waals surface area contributed by atoms with Gasteiger partial charge in [-0.05, 0) is 36.6 Å². The first-order chi connectivity index (χ1) is 6.97. The monoisotopic (exact) mass is 269 g/mol. The van der Waals surface area contributed by atoms with E-state index in [-0.39, 0.29) is 5.91 Å². The first-order valence-electron chi connectivity index (χ1n) is 5.04. The molecule has 0 aromatic heterocycles. The van der Waals surface area contributed by atoms with E-state index in [1.165, 1.54) is 0 Å². The van der Waals surface area contributed by atoms with Crippen LogP contribution in [0.15, 0.2) is 22.7 Å². The topological polar surface area (TPSA) is 29.1 Å². The van der Waals surface area contributed by atoms with Gasteiger partial charge in [0.25, 0.3) is 0 Å². The molecule has 0 radical (unpaired) electrons. The Kier molecular flexibility index (Phi) is 4.33. The molecule has 0 fully saturated rings. The lowest BCUT2D eigenvalue weighted by Gasteiger charge is -2.08. The molecule has 0 unspecified atom stereocenters. The molecule has 2 nitrogen and oxygen atoms in total. The minimum absolute atomic E-state index is 0.0718. The van der Waals surface area contributed by atoms with E-state index in [2.05, 4.69) is 21.2 Å². The van der Waals surface area contributed by atoms with Gasteiger partial charge < -0.3 is 5.32 Å². The highest BCUT2D eigenvalue weighted by Gasteiger charge is 2.05. The molecule has 1 aromatic carbocycles. The number of hydrogen-bond acceptors (Lipinski definition) is 1. The van der Waals surface area contributed by atoms with Crippen molar-refractivity contribution in [3.63, 3.8) is 0 Å². The summed E-state index contributed by atoms with van der Waals surface area (Å²) in [4.78, 5) is 11.5. The second-order valence-corrected chi connectivity index (χ2v) is 5.08. The number of nitrogens with one attached hydrogen (secondary N) is 1. The fourth-order valence-corrected chi connectivity index (χ4v) is 2.00. The highest BCUT2D eigenvalue weighted by molar-refractivity contribution is 9.10. The molecule has 0 bridgehead atoms. The number of anilines is 1. The zero-order valence-electron chi connectivity index (χ0n) is 9.30. The smallest absolute Gasteiger partial charge is 0.224 e. The SMILES string of the molecule is Cc1cc(Br)cc(NC(=O)CC(C)C)c1. The largest absolute Gasteiger partial charge is 0.326 e. The van der Waals surface area contributed by atoms with Crippen molar-refractivity contribution >= 4 is 27.5 Å². The average molecular weight is 270 g/mol. The Labute approximate surface area is 99.2 Å². The second kappa shape index (κ2) is 5.31. The van der Waals surface area contributed by atoms with E-state index in [0.717, 1.165) is 15.7 Å². The van der Waals surface area contributed by atoms with Gasteiger partial charge in [-0.25, -0.2) is 0 Å². The summed E-state index contributed by atoms with van der Waals surface area (Å²) >= 11 is 3.40. The molecule has 1 aromatic rings. The molecule has 0 saturated heterocycles. The van der Waals surface area contributed by atoms with Crippen LogP contribution in [0.3, 0.4) is 0 Å². The number of hydrogen-bond donors (Lipinski definition) is 1. The molecule has 0 spiro atoms. The molecule has 0 heterocycles. The van der Waals surface area contributed by atoms with Gasteiger partial charge in [-0.15, -0.1) is 0 Å². The Bertz CT molecular complexity index is 340. The molecule has 0 saturated carbocycles. The quantitative estimate of drug-likeness (QED) is 0.890. The Balaban J connectivity index is 2.68. The summed E-state index contributed by atoms with van der Waals surface area (Å²) in [6, 6.07) is 5.88. The molecule has 82 valence electrons. The van der Waals surface area contributed by atoms with Crippen molar-refractivity contribution in [1.29, 1.82) is 0 Å². The first-order valence-corrected chi connectivity index (χ1v) is 5.83. The van der Waals surface area contributed by atoms with E-state index in [0.29, 0.717) is 12.3 Å². The predicted molar refractivity (Wildman–Crippen MR) is 67.0 cm³/mol. The summed E-state index contributed by atoms with van der Waals surface area (Å²) in [6.07, 6.45) is 0.561. The van der Waals surface area contributed by atoms with Crippen molar-refractivity contribution in [2.45, 2.75) is 27.2 Å². The van der Waals surface area contributed by atoms with Crippen molar-refractivity contribution in [2.24, 2.45) is 5.92 Å². The van der Waals surface area contributed by atoms with Gasteiger partial charge in [0, 0.05) is 16.6 Å². The van der Waals surface area contributed by atoms with Gasteiger partial charge in [0.1, 0.15) is 0 Å². The number of rotatable bonds is 3. The van der Waals surface area contributed by atoms with Gasteiger partial charge in [0.2, 0.25) is 5.91 Å². The maximum atomic E-state index is 11.5. The minimum Gasteiger partial charge on any atom is -0.326 e. The van der Waals surface area contributed by atoms with Gasteiger partial charge in [-0.3, -0.25) is 4.79 Å². The van der Waals surface area contributed by atoms with Crippen molar-refractivity contribution in [3.05, 3.63) is 28.2 Å². The normalized spacial score (nSPS) is 10.5. The maximum Gasteiger partial charge on any atom is 0.224 e. The standard InChI is InChI=1S/C12H16BrNO/c1-8(2)4-12(15)14-11-6-9(3)5-10(13)7-11/h5-8H,4H2,1-3H3,(H,14,15). The molecule has 1 amide bonds. The molecule has 1 rings (SSSR count). The third-order valence-electron chi connectivity index (χ3n) is 1.92. The van der Waals surface area contributed by atoms with E-state index in [1.807, 2.05) is 39.0 Å². The lowest BCUT2D eigenvalue weighted by Crippen LogP contribution is -2.13. The summed E-state index contributed by atoms with van der Waals surface area (Å²) in [5, 5.41) is 2.89. The van der Waals surface area contributed by atoms with Gasteiger partial charge >= 0.3 is 0 Å². The number of benzene rings is 1. The molecule has 0 aliphatic heterocycles. The average Bonchev–Trinajstić information content (AvgIpc) is 1.98. The van der Waals surface area contributed by atoms with E-state index in [1.54, 1.807) is 0 Å². The van der Waals surface area contributed by atoms with E-state index < -0.39 is 0 Å². The predicted octanol–water partition coefficient (Wildman–Crippen LogP) is 3.74. The van der Waals surface area contributed by atoms with E-state index in [9.17, 15) is 4.79 Å². The number of amides is 1. The van der Waals surface area contributed by atoms with Crippen LogP contribution in [0.1, 0.15) is 25.8 Å². The molecule has 1 N–H and O–H groups in total. The van der Waals surface area contributed by atoms with Crippen LogP contribution < -0.4 is 5.32 Å². The summed E-state index contributed by atoms with van der Waals surface area (Å²) < 4.78 is 0.988. The van der Waals surface area contributed by atoms with Crippen LogP contribution >= 0.6 is 15.9 Å². The van der Waals surface area contributed by atoms with Crippen LogP contribution in [0, 0.1) is 12.8 Å². The van der Waals surface area contributed by atoms with Gasteiger partial charge in [0.05, 0.1) is 0 Å². The van der Waals surface area contributed by atoms with Crippen molar-refractivity contribution in [3.8, 4) is 0 Å². The highest BCUT2D eigenvalue weighted by atomic mass is 79.9. The number of carbonyl (C=O) groups is 1. The van der Waals surface area contributed by atoms with Crippen LogP contribution in [0.4, 0.5) is 5.69 Å². The Morgan fingerprint density at radius 2 is 2.07 bits per heavy atom. The fourth-order valence-electron chi connectivity index (χ4n) is 1.39. The Morgan fingerprint density at radius 3 is 2.60 bits per heavy atom. The molecule has 15 heavy (non-hydrogen) atoms. The molecular formula is C12H16BrNO.